The fourth-order valence-electron chi connectivity index (χ4n) is 4.06. The minimum absolute atomic E-state index is 0.0960. The van der Waals surface area contributed by atoms with Crippen LogP contribution in [0.2, 0.25) is 0 Å². The van der Waals surface area contributed by atoms with Gasteiger partial charge in [0.25, 0.3) is 0 Å². The van der Waals surface area contributed by atoms with Gasteiger partial charge in [-0.1, -0.05) is 42.5 Å². The molecule has 3 aromatic carbocycles. The normalized spacial score (nSPS) is 12.6. The minimum Gasteiger partial charge on any atom is -0.496 e. The van der Waals surface area contributed by atoms with E-state index < -0.39 is 12.1 Å². The highest BCUT2D eigenvalue weighted by Crippen LogP contribution is 2.36. The predicted molar refractivity (Wildman–Crippen MR) is 131 cm³/mol. The van der Waals surface area contributed by atoms with Crippen molar-refractivity contribution in [3.63, 3.8) is 0 Å². The number of carbonyl (C=O) groups is 1. The summed E-state index contributed by atoms with van der Waals surface area (Å²) < 4.78 is 16.9. The van der Waals surface area contributed by atoms with Crippen molar-refractivity contribution in [2.45, 2.75) is 32.3 Å². The highest BCUT2D eigenvalue weighted by atomic mass is 16.5. The smallest absolute Gasteiger partial charge is 0.339 e. The molecule has 34 heavy (non-hydrogen) atoms. The Morgan fingerprint density at radius 3 is 2.15 bits per heavy atom. The van der Waals surface area contributed by atoms with E-state index in [1.165, 1.54) is 11.6 Å². The van der Waals surface area contributed by atoms with E-state index in [0.717, 1.165) is 18.4 Å². The Morgan fingerprint density at radius 2 is 1.53 bits per heavy atom. The van der Waals surface area contributed by atoms with Crippen molar-refractivity contribution in [1.29, 1.82) is 0 Å². The molecule has 6 heteroatoms. The van der Waals surface area contributed by atoms with Crippen LogP contribution in [0.4, 0.5) is 0 Å². The van der Waals surface area contributed by atoms with Gasteiger partial charge in [-0.15, -0.1) is 0 Å². The van der Waals surface area contributed by atoms with E-state index in [4.69, 9.17) is 14.2 Å². The predicted octanol–water partition coefficient (Wildman–Crippen LogP) is 5.46. The maximum atomic E-state index is 11.6. The number of carboxylic acids is 1. The number of aromatic carboxylic acids is 1. The Bertz CT molecular complexity index is 1050. The fourth-order valence-corrected chi connectivity index (χ4v) is 4.06. The number of aryl methyl sites for hydroxylation is 1. The molecule has 0 radical (unpaired) electrons. The molecule has 0 aliphatic carbocycles. The van der Waals surface area contributed by atoms with Gasteiger partial charge in [-0.3, -0.25) is 0 Å². The number of ether oxygens (including phenoxy) is 3. The minimum atomic E-state index is -1.05. The van der Waals surface area contributed by atoms with Crippen molar-refractivity contribution in [2.75, 3.05) is 20.8 Å². The SMILES string of the molecule is COc1cc([C@@H](O)[C@@H](CCCc2ccccc2)COc2ccccc2C(=O)O)cc(OC)c1C. The summed E-state index contributed by atoms with van der Waals surface area (Å²) in [5, 5.41) is 20.8. The molecule has 0 spiro atoms. The lowest BCUT2D eigenvalue weighted by Gasteiger charge is -2.25. The van der Waals surface area contributed by atoms with Crippen molar-refractivity contribution in [2.24, 2.45) is 5.92 Å². The molecule has 0 saturated heterocycles. The van der Waals surface area contributed by atoms with E-state index in [-0.39, 0.29) is 23.8 Å². The van der Waals surface area contributed by atoms with Crippen LogP contribution in [0.3, 0.4) is 0 Å². The number of carboxylic acid groups (broad SMARTS) is 1. The molecule has 0 fully saturated rings. The van der Waals surface area contributed by atoms with Gasteiger partial charge in [-0.25, -0.2) is 4.79 Å². The maximum Gasteiger partial charge on any atom is 0.339 e. The number of benzene rings is 3. The summed E-state index contributed by atoms with van der Waals surface area (Å²) in [6.45, 7) is 2.07. The molecule has 0 bridgehead atoms. The number of aliphatic hydroxyl groups excluding tert-OH is 1. The Morgan fingerprint density at radius 1 is 0.912 bits per heavy atom. The van der Waals surface area contributed by atoms with Crippen LogP contribution in [0.15, 0.2) is 66.7 Å². The maximum absolute atomic E-state index is 11.6. The first kappa shape index (κ1) is 25.1. The molecule has 0 aromatic heterocycles. The van der Waals surface area contributed by atoms with E-state index in [2.05, 4.69) is 12.1 Å². The van der Waals surface area contributed by atoms with Gasteiger partial charge in [0.1, 0.15) is 22.8 Å². The molecule has 6 nitrogen and oxygen atoms in total. The van der Waals surface area contributed by atoms with Crippen LogP contribution < -0.4 is 14.2 Å². The van der Waals surface area contributed by atoms with Gasteiger partial charge in [-0.2, -0.15) is 0 Å². The van der Waals surface area contributed by atoms with Crippen molar-refractivity contribution in [1.82, 2.24) is 0 Å². The van der Waals surface area contributed by atoms with Gasteiger partial charge in [0.15, 0.2) is 0 Å². The van der Waals surface area contributed by atoms with E-state index in [1.54, 1.807) is 32.4 Å². The summed E-state index contributed by atoms with van der Waals surface area (Å²) in [6, 6.07) is 20.4. The Labute approximate surface area is 200 Å². The first-order valence-corrected chi connectivity index (χ1v) is 11.3. The summed E-state index contributed by atoms with van der Waals surface area (Å²) in [5.41, 5.74) is 2.84. The van der Waals surface area contributed by atoms with E-state index >= 15 is 0 Å². The first-order chi connectivity index (χ1) is 16.4. The van der Waals surface area contributed by atoms with Gasteiger partial charge in [-0.05, 0) is 61.6 Å². The van der Waals surface area contributed by atoms with Gasteiger partial charge in [0.05, 0.1) is 26.9 Å². The molecule has 0 heterocycles. The van der Waals surface area contributed by atoms with Crippen LogP contribution >= 0.6 is 0 Å². The van der Waals surface area contributed by atoms with Crippen LogP contribution in [0.25, 0.3) is 0 Å². The topological polar surface area (TPSA) is 85.2 Å². The summed E-state index contributed by atoms with van der Waals surface area (Å²) in [7, 11) is 3.17. The molecule has 0 amide bonds. The zero-order chi connectivity index (χ0) is 24.5. The number of methoxy groups -OCH3 is 2. The third-order valence-electron chi connectivity index (χ3n) is 6.02. The first-order valence-electron chi connectivity index (χ1n) is 11.3. The molecule has 180 valence electrons. The molecule has 3 aromatic rings. The zero-order valence-electron chi connectivity index (χ0n) is 19.9. The molecule has 2 atom stereocenters. The van der Waals surface area contributed by atoms with E-state index in [9.17, 15) is 15.0 Å². The van der Waals surface area contributed by atoms with Crippen molar-refractivity contribution >= 4 is 5.97 Å². The number of aliphatic hydroxyl groups is 1. The van der Waals surface area contributed by atoms with Crippen LogP contribution in [0.5, 0.6) is 17.2 Å². The standard InChI is InChI=1S/C28H32O6/c1-19-25(32-2)16-22(17-26(19)33-3)27(29)21(13-9-12-20-10-5-4-6-11-20)18-34-24-15-8-7-14-23(24)28(30)31/h4-8,10-11,14-17,21,27,29H,9,12-13,18H2,1-3H3,(H,30,31)/t21-,27-/m0/s1. The highest BCUT2D eigenvalue weighted by molar-refractivity contribution is 5.90. The number of para-hydroxylation sites is 1. The third-order valence-corrected chi connectivity index (χ3v) is 6.02. The number of hydrogen-bond acceptors (Lipinski definition) is 5. The number of hydrogen-bond donors (Lipinski definition) is 2. The molecule has 0 aliphatic rings. The average Bonchev–Trinajstić information content (AvgIpc) is 2.86. The molecular formula is C28H32O6. The van der Waals surface area contributed by atoms with Gasteiger partial charge in [0.2, 0.25) is 0 Å². The second-order valence-corrected chi connectivity index (χ2v) is 8.25. The Kier molecular flexibility index (Phi) is 8.93. The Hall–Kier alpha value is -3.51. The van der Waals surface area contributed by atoms with Gasteiger partial charge < -0.3 is 24.4 Å². The number of rotatable bonds is 12. The van der Waals surface area contributed by atoms with Gasteiger partial charge >= 0.3 is 5.97 Å². The quantitative estimate of drug-likeness (QED) is 0.370. The molecule has 2 N–H and O–H groups in total. The second kappa shape index (κ2) is 12.1. The lowest BCUT2D eigenvalue weighted by Crippen LogP contribution is -2.21. The molecule has 3 rings (SSSR count). The fraction of sp³-hybridized carbons (Fsp3) is 0.321. The second-order valence-electron chi connectivity index (χ2n) is 8.25. The summed E-state index contributed by atoms with van der Waals surface area (Å²) in [6.07, 6.45) is 1.55. The van der Waals surface area contributed by atoms with Crippen LogP contribution in [-0.4, -0.2) is 37.0 Å². The highest BCUT2D eigenvalue weighted by Gasteiger charge is 2.25. The van der Waals surface area contributed by atoms with Crippen molar-refractivity contribution < 1.29 is 29.2 Å². The van der Waals surface area contributed by atoms with Crippen molar-refractivity contribution in [3.8, 4) is 17.2 Å². The molecule has 0 unspecified atom stereocenters. The zero-order valence-corrected chi connectivity index (χ0v) is 19.9. The average molecular weight is 465 g/mol. The summed E-state index contributed by atoms with van der Waals surface area (Å²) in [5.74, 6) is 0.226. The summed E-state index contributed by atoms with van der Waals surface area (Å²) in [4.78, 5) is 11.6. The lowest BCUT2D eigenvalue weighted by atomic mass is 9.90. The van der Waals surface area contributed by atoms with Gasteiger partial charge in [0, 0.05) is 11.5 Å². The molecule has 0 saturated carbocycles. The van der Waals surface area contributed by atoms with E-state index in [1.807, 2.05) is 37.3 Å². The molecule has 0 aliphatic heterocycles. The monoisotopic (exact) mass is 464 g/mol. The van der Waals surface area contributed by atoms with Crippen LogP contribution in [-0.2, 0) is 6.42 Å². The third kappa shape index (κ3) is 6.29. The largest absolute Gasteiger partial charge is 0.496 e. The van der Waals surface area contributed by atoms with Crippen LogP contribution in [0.1, 0.15) is 46.0 Å². The van der Waals surface area contributed by atoms with Crippen LogP contribution in [0, 0.1) is 12.8 Å². The van der Waals surface area contributed by atoms with Crippen molar-refractivity contribution in [3.05, 3.63) is 89.0 Å². The van der Waals surface area contributed by atoms with E-state index in [0.29, 0.717) is 23.5 Å². The lowest BCUT2D eigenvalue weighted by molar-refractivity contribution is 0.0639. The summed E-state index contributed by atoms with van der Waals surface area (Å²) >= 11 is 0. The molecular weight excluding hydrogens is 432 g/mol. The Balaban J connectivity index is 1.82.